The zero-order valence-corrected chi connectivity index (χ0v) is 15.6. The molecule has 3 rings (SSSR count). The summed E-state index contributed by atoms with van der Waals surface area (Å²) in [5, 5.41) is 25.7. The molecule has 0 aliphatic heterocycles. The maximum absolute atomic E-state index is 12.2. The van der Waals surface area contributed by atoms with E-state index < -0.39 is 13.1 Å². The van der Waals surface area contributed by atoms with E-state index in [-0.39, 0.29) is 23.7 Å². The highest BCUT2D eigenvalue weighted by molar-refractivity contribution is 7.16. The number of hydrogen-bond acceptors (Lipinski definition) is 6. The van der Waals surface area contributed by atoms with E-state index in [9.17, 15) is 19.6 Å². The lowest BCUT2D eigenvalue weighted by molar-refractivity contribution is -0.121. The Morgan fingerprint density at radius 2 is 2.08 bits per heavy atom. The number of carbonyl (C=O) groups excluding carboxylic acids is 1. The second-order valence-electron chi connectivity index (χ2n) is 6.00. The summed E-state index contributed by atoms with van der Waals surface area (Å²) in [7, 11) is -1.62. The Kier molecular flexibility index (Phi) is 6.26. The molecule has 0 fully saturated rings. The van der Waals surface area contributed by atoms with Crippen molar-refractivity contribution in [2.75, 3.05) is 0 Å². The monoisotopic (exact) mass is 390 g/mol. The number of para-hydroxylation sites is 1. The molecule has 0 spiro atoms. The Bertz CT molecular complexity index is 920. The van der Waals surface area contributed by atoms with E-state index in [2.05, 4.69) is 5.32 Å². The number of carbonyl (C=O) groups is 1. The van der Waals surface area contributed by atoms with Gasteiger partial charge in [0.1, 0.15) is 0 Å². The minimum atomic E-state index is -1.62. The first kappa shape index (κ1) is 18.8. The van der Waals surface area contributed by atoms with Crippen LogP contribution in [0.2, 0.25) is 0 Å². The fourth-order valence-corrected chi connectivity index (χ4v) is 4.39. The Balaban J connectivity index is 1.57. The summed E-state index contributed by atoms with van der Waals surface area (Å²) in [5.74, 6) is -1.05. The molecule has 26 heavy (non-hydrogen) atoms. The van der Waals surface area contributed by atoms with Crippen LogP contribution in [-0.4, -0.2) is 33.6 Å². The van der Waals surface area contributed by atoms with Gasteiger partial charge in [-0.05, 0) is 47.4 Å². The van der Waals surface area contributed by atoms with Crippen LogP contribution in [0, 0.1) is 0 Å². The van der Waals surface area contributed by atoms with E-state index in [1.54, 1.807) is 15.9 Å². The number of aryl methyl sites for hydroxylation is 2. The predicted octanol–water partition coefficient (Wildman–Crippen LogP) is 1.64. The molecule has 0 unspecified atom stereocenters. The van der Waals surface area contributed by atoms with Gasteiger partial charge >= 0.3 is 12.0 Å². The molecule has 0 aliphatic rings. The van der Waals surface area contributed by atoms with E-state index in [0.717, 1.165) is 27.1 Å². The van der Waals surface area contributed by atoms with Gasteiger partial charge in [-0.3, -0.25) is 14.2 Å². The number of fused-ring (bicyclic) bond motifs is 1. The minimum Gasteiger partial charge on any atom is -0.426 e. The standard InChI is InChI=1S/C17H19BN2O4S2/c21-16(19-15(18(23)24)6-5-12-8-10-25-11-12)7-9-20-13-3-1-2-4-14(13)26-17(20)22/h1-4,8,10-11,15,23-24H,5-7,9H2,(H,19,21)/t15-/m0/s1. The van der Waals surface area contributed by atoms with Gasteiger partial charge in [0.2, 0.25) is 5.91 Å². The highest BCUT2D eigenvalue weighted by Crippen LogP contribution is 2.16. The Morgan fingerprint density at radius 1 is 1.27 bits per heavy atom. The SMILES string of the molecule is O=C(CCn1c(=O)sc2ccccc21)N[C@@H](CCc1ccsc1)B(O)O. The first-order valence-electron chi connectivity index (χ1n) is 8.29. The first-order valence-corrected chi connectivity index (χ1v) is 10.1. The molecule has 1 aromatic carbocycles. The highest BCUT2D eigenvalue weighted by atomic mass is 32.1. The molecule has 0 saturated heterocycles. The van der Waals surface area contributed by atoms with Crippen molar-refractivity contribution in [3.05, 3.63) is 56.3 Å². The normalized spacial score (nSPS) is 12.2. The third-order valence-electron chi connectivity index (χ3n) is 4.17. The van der Waals surface area contributed by atoms with Crippen molar-refractivity contribution in [1.29, 1.82) is 0 Å². The summed E-state index contributed by atoms with van der Waals surface area (Å²) in [5.41, 5.74) is 1.91. The van der Waals surface area contributed by atoms with Gasteiger partial charge in [0, 0.05) is 13.0 Å². The maximum atomic E-state index is 12.2. The number of nitrogens with one attached hydrogen (secondary N) is 1. The lowest BCUT2D eigenvalue weighted by Crippen LogP contribution is -2.47. The molecule has 0 saturated carbocycles. The second kappa shape index (κ2) is 8.63. The summed E-state index contributed by atoms with van der Waals surface area (Å²) >= 11 is 2.73. The molecule has 3 N–H and O–H groups in total. The molecule has 2 aromatic heterocycles. The second-order valence-corrected chi connectivity index (χ2v) is 7.77. The van der Waals surface area contributed by atoms with Crippen LogP contribution >= 0.6 is 22.7 Å². The van der Waals surface area contributed by atoms with Crippen molar-refractivity contribution in [1.82, 2.24) is 9.88 Å². The Morgan fingerprint density at radius 3 is 2.81 bits per heavy atom. The van der Waals surface area contributed by atoms with Gasteiger partial charge in [-0.2, -0.15) is 11.3 Å². The average molecular weight is 390 g/mol. The molecule has 0 radical (unpaired) electrons. The number of aromatic nitrogens is 1. The summed E-state index contributed by atoms with van der Waals surface area (Å²) in [6.07, 6.45) is 1.18. The van der Waals surface area contributed by atoms with E-state index in [0.29, 0.717) is 12.8 Å². The van der Waals surface area contributed by atoms with Gasteiger partial charge in [0.05, 0.1) is 16.2 Å². The average Bonchev–Trinajstić information content (AvgIpc) is 3.23. The zero-order chi connectivity index (χ0) is 18.5. The molecule has 2 heterocycles. The number of hydrogen-bond donors (Lipinski definition) is 3. The van der Waals surface area contributed by atoms with Crippen molar-refractivity contribution in [2.24, 2.45) is 0 Å². The molecule has 0 bridgehead atoms. The van der Waals surface area contributed by atoms with Gasteiger partial charge in [-0.1, -0.05) is 23.5 Å². The van der Waals surface area contributed by atoms with Crippen molar-refractivity contribution in [3.63, 3.8) is 0 Å². The van der Waals surface area contributed by atoms with E-state index in [1.165, 1.54) is 0 Å². The van der Waals surface area contributed by atoms with Crippen LogP contribution in [0.4, 0.5) is 0 Å². The van der Waals surface area contributed by atoms with Crippen LogP contribution in [0.5, 0.6) is 0 Å². The molecule has 1 atom stereocenters. The molecular formula is C17H19BN2O4S2. The van der Waals surface area contributed by atoms with Gasteiger partial charge in [0.25, 0.3) is 0 Å². The predicted molar refractivity (Wildman–Crippen MR) is 105 cm³/mol. The Labute approximate surface area is 158 Å². The molecule has 1 amide bonds. The van der Waals surface area contributed by atoms with Crippen LogP contribution in [0.1, 0.15) is 18.4 Å². The quantitative estimate of drug-likeness (QED) is 0.510. The van der Waals surface area contributed by atoms with Crippen LogP contribution in [0.25, 0.3) is 10.2 Å². The van der Waals surface area contributed by atoms with Gasteiger partial charge in [-0.15, -0.1) is 0 Å². The lowest BCUT2D eigenvalue weighted by atomic mass is 9.76. The van der Waals surface area contributed by atoms with Gasteiger partial charge in [0.15, 0.2) is 0 Å². The van der Waals surface area contributed by atoms with Crippen molar-refractivity contribution in [2.45, 2.75) is 31.7 Å². The number of benzene rings is 1. The third kappa shape index (κ3) is 4.61. The van der Waals surface area contributed by atoms with Crippen molar-refractivity contribution >= 4 is 45.9 Å². The van der Waals surface area contributed by atoms with Gasteiger partial charge in [-0.25, -0.2) is 0 Å². The van der Waals surface area contributed by atoms with Crippen LogP contribution in [0.15, 0.2) is 45.9 Å². The maximum Gasteiger partial charge on any atom is 0.475 e. The van der Waals surface area contributed by atoms with E-state index in [1.807, 2.05) is 41.1 Å². The number of nitrogens with zero attached hydrogens (tertiary/aromatic N) is 1. The summed E-state index contributed by atoms with van der Waals surface area (Å²) in [6.45, 7) is 0.257. The Hall–Kier alpha value is -1.94. The lowest BCUT2D eigenvalue weighted by Gasteiger charge is -2.17. The number of amides is 1. The third-order valence-corrected chi connectivity index (χ3v) is 5.86. The highest BCUT2D eigenvalue weighted by Gasteiger charge is 2.25. The van der Waals surface area contributed by atoms with Crippen LogP contribution in [-0.2, 0) is 17.8 Å². The summed E-state index contributed by atoms with van der Waals surface area (Å²) < 4.78 is 2.47. The number of thiophene rings is 1. The molecule has 136 valence electrons. The van der Waals surface area contributed by atoms with Crippen LogP contribution in [0.3, 0.4) is 0 Å². The molecular weight excluding hydrogens is 371 g/mol. The first-order chi connectivity index (χ1) is 12.5. The van der Waals surface area contributed by atoms with E-state index in [4.69, 9.17) is 0 Å². The minimum absolute atomic E-state index is 0.0995. The van der Waals surface area contributed by atoms with Gasteiger partial charge < -0.3 is 15.4 Å². The van der Waals surface area contributed by atoms with E-state index >= 15 is 0 Å². The van der Waals surface area contributed by atoms with Crippen molar-refractivity contribution in [3.8, 4) is 0 Å². The smallest absolute Gasteiger partial charge is 0.426 e. The molecule has 3 aromatic rings. The van der Waals surface area contributed by atoms with Crippen LogP contribution < -0.4 is 10.2 Å². The topological polar surface area (TPSA) is 91.6 Å². The molecule has 6 nitrogen and oxygen atoms in total. The molecule has 0 aliphatic carbocycles. The summed E-state index contributed by atoms with van der Waals surface area (Å²) in [6, 6.07) is 9.43. The number of thiazole rings is 1. The van der Waals surface area contributed by atoms with Crippen molar-refractivity contribution < 1.29 is 14.8 Å². The molecule has 9 heteroatoms. The fraction of sp³-hybridized carbons (Fsp3) is 0.294. The summed E-state index contributed by atoms with van der Waals surface area (Å²) in [4.78, 5) is 24.2. The largest absolute Gasteiger partial charge is 0.475 e. The number of rotatable bonds is 8. The zero-order valence-electron chi connectivity index (χ0n) is 14.0. The fourth-order valence-electron chi connectivity index (χ4n) is 2.77.